The molecule has 0 aliphatic carbocycles. The normalized spacial score (nSPS) is 11.9. The van der Waals surface area contributed by atoms with Crippen molar-refractivity contribution in [1.29, 1.82) is 0 Å². The molecule has 0 saturated carbocycles. The van der Waals surface area contributed by atoms with Crippen molar-refractivity contribution in [1.82, 2.24) is 19.7 Å². The van der Waals surface area contributed by atoms with E-state index in [0.29, 0.717) is 26.8 Å². The Kier molecular flexibility index (Phi) is 7.11. The molecule has 2 heterocycles. The third kappa shape index (κ3) is 5.38. The van der Waals surface area contributed by atoms with Crippen molar-refractivity contribution in [3.05, 3.63) is 45.7 Å². The molecule has 0 saturated heterocycles. The van der Waals surface area contributed by atoms with E-state index in [0.717, 1.165) is 10.6 Å². The van der Waals surface area contributed by atoms with Crippen LogP contribution in [-0.2, 0) is 23.1 Å². The number of anilines is 2. The first kappa shape index (κ1) is 22.3. The maximum atomic E-state index is 12.5. The molecule has 8 nitrogen and oxygen atoms in total. The molecule has 0 unspecified atom stereocenters. The second kappa shape index (κ2) is 9.59. The number of thiazole rings is 1. The number of nitrogens with zero attached hydrogens (tertiary/aromatic N) is 4. The van der Waals surface area contributed by atoms with Crippen LogP contribution in [0.3, 0.4) is 0 Å². The quantitative estimate of drug-likeness (QED) is 0.515. The van der Waals surface area contributed by atoms with E-state index in [2.05, 4.69) is 25.8 Å². The minimum absolute atomic E-state index is 0.0352. The number of hydrogen-bond acceptors (Lipinski definition) is 7. The van der Waals surface area contributed by atoms with Crippen LogP contribution in [0.15, 0.2) is 29.4 Å². The summed E-state index contributed by atoms with van der Waals surface area (Å²) >= 11 is 8.78. The van der Waals surface area contributed by atoms with Crippen LogP contribution < -0.4 is 10.6 Å². The molecule has 30 heavy (non-hydrogen) atoms. The minimum Gasteiger partial charge on any atom is -0.324 e. The summed E-state index contributed by atoms with van der Waals surface area (Å²) in [6.07, 6.45) is 0.0352. The molecule has 0 fully saturated rings. The van der Waals surface area contributed by atoms with Gasteiger partial charge in [0.1, 0.15) is 5.82 Å². The topological polar surface area (TPSA) is 102 Å². The number of amides is 2. The van der Waals surface area contributed by atoms with Gasteiger partial charge in [-0.1, -0.05) is 35.5 Å². The zero-order valence-electron chi connectivity index (χ0n) is 16.9. The molecule has 0 radical (unpaired) electrons. The fraction of sp³-hybridized carbons (Fsp3) is 0.316. The van der Waals surface area contributed by atoms with Crippen LogP contribution in [0.1, 0.15) is 23.3 Å². The molecule has 0 bridgehead atoms. The summed E-state index contributed by atoms with van der Waals surface area (Å²) in [6, 6.07) is 7.01. The fourth-order valence-corrected chi connectivity index (χ4v) is 4.28. The Labute approximate surface area is 187 Å². The number of carbonyl (C=O) groups is 2. The SMILES string of the molecule is Cc1nc(NC(=O)[C@@H](C)Sc2nnc(CC(=O)Nc3ccccc3Cl)n2C)sc1C. The summed E-state index contributed by atoms with van der Waals surface area (Å²) < 4.78 is 1.71. The number of thioether (sulfide) groups is 1. The second-order valence-electron chi connectivity index (χ2n) is 6.57. The first-order chi connectivity index (χ1) is 14.2. The standard InChI is InChI=1S/C19H21ClN6O2S2/c1-10-11(2)29-18(21-10)23-17(28)12(3)30-19-25-24-15(26(19)4)9-16(27)22-14-8-6-5-7-13(14)20/h5-8,12H,9H2,1-4H3,(H,22,27)(H,21,23,28)/t12-/m1/s1. The van der Waals surface area contributed by atoms with E-state index in [-0.39, 0.29) is 18.2 Å². The number of hydrogen-bond donors (Lipinski definition) is 2. The van der Waals surface area contributed by atoms with E-state index in [1.54, 1.807) is 42.8 Å². The number of rotatable bonds is 7. The van der Waals surface area contributed by atoms with Gasteiger partial charge in [-0.25, -0.2) is 4.98 Å². The lowest BCUT2D eigenvalue weighted by Gasteiger charge is -2.10. The lowest BCUT2D eigenvalue weighted by atomic mass is 10.3. The summed E-state index contributed by atoms with van der Waals surface area (Å²) in [5.74, 6) is 0.0612. The Morgan fingerprint density at radius 2 is 1.97 bits per heavy atom. The Bertz CT molecular complexity index is 1060. The summed E-state index contributed by atoms with van der Waals surface area (Å²) in [4.78, 5) is 30.2. The highest BCUT2D eigenvalue weighted by Gasteiger charge is 2.21. The molecule has 0 aliphatic rings. The Morgan fingerprint density at radius 1 is 1.23 bits per heavy atom. The lowest BCUT2D eigenvalue weighted by molar-refractivity contribution is -0.116. The van der Waals surface area contributed by atoms with Gasteiger partial charge in [-0.2, -0.15) is 0 Å². The minimum atomic E-state index is -0.415. The van der Waals surface area contributed by atoms with Gasteiger partial charge in [0, 0.05) is 11.9 Å². The van der Waals surface area contributed by atoms with E-state index < -0.39 is 5.25 Å². The number of benzene rings is 1. The van der Waals surface area contributed by atoms with Gasteiger partial charge >= 0.3 is 0 Å². The largest absolute Gasteiger partial charge is 0.324 e. The molecule has 0 spiro atoms. The van der Waals surface area contributed by atoms with Crippen molar-refractivity contribution in [3.8, 4) is 0 Å². The van der Waals surface area contributed by atoms with Crippen molar-refractivity contribution in [2.75, 3.05) is 10.6 Å². The Hall–Kier alpha value is -2.43. The van der Waals surface area contributed by atoms with E-state index in [1.165, 1.54) is 23.1 Å². The Balaban J connectivity index is 1.59. The lowest BCUT2D eigenvalue weighted by Crippen LogP contribution is -2.23. The van der Waals surface area contributed by atoms with Gasteiger partial charge in [0.15, 0.2) is 10.3 Å². The smallest absolute Gasteiger partial charge is 0.239 e. The van der Waals surface area contributed by atoms with Crippen molar-refractivity contribution in [2.45, 2.75) is 37.6 Å². The zero-order chi connectivity index (χ0) is 21.8. The molecule has 0 aliphatic heterocycles. The molecule has 2 aromatic heterocycles. The number of para-hydroxylation sites is 1. The predicted molar refractivity (Wildman–Crippen MR) is 120 cm³/mol. The van der Waals surface area contributed by atoms with Crippen LogP contribution >= 0.6 is 34.7 Å². The molecule has 3 aromatic rings. The number of nitrogens with one attached hydrogen (secondary N) is 2. The van der Waals surface area contributed by atoms with Gasteiger partial charge in [-0.3, -0.25) is 9.59 Å². The summed E-state index contributed by atoms with van der Waals surface area (Å²) in [6.45, 7) is 5.65. The summed E-state index contributed by atoms with van der Waals surface area (Å²) in [5, 5.41) is 15.0. The van der Waals surface area contributed by atoms with Crippen LogP contribution in [0, 0.1) is 13.8 Å². The van der Waals surface area contributed by atoms with Crippen LogP contribution in [0.4, 0.5) is 10.8 Å². The van der Waals surface area contributed by atoms with Crippen molar-refractivity contribution in [2.24, 2.45) is 7.05 Å². The first-order valence-corrected chi connectivity index (χ1v) is 11.2. The van der Waals surface area contributed by atoms with Gasteiger partial charge in [0.05, 0.1) is 28.1 Å². The number of aromatic nitrogens is 4. The van der Waals surface area contributed by atoms with Gasteiger partial charge in [-0.05, 0) is 32.9 Å². The highest BCUT2D eigenvalue weighted by Crippen LogP contribution is 2.26. The Morgan fingerprint density at radius 3 is 2.63 bits per heavy atom. The number of aryl methyl sites for hydroxylation is 2. The molecule has 1 aromatic carbocycles. The van der Waals surface area contributed by atoms with Gasteiger partial charge in [-0.15, -0.1) is 21.5 Å². The van der Waals surface area contributed by atoms with Gasteiger partial charge in [0.25, 0.3) is 0 Å². The maximum absolute atomic E-state index is 12.5. The monoisotopic (exact) mass is 464 g/mol. The van der Waals surface area contributed by atoms with Crippen LogP contribution in [0.2, 0.25) is 5.02 Å². The predicted octanol–water partition coefficient (Wildman–Crippen LogP) is 3.84. The van der Waals surface area contributed by atoms with Crippen molar-refractivity contribution >= 4 is 57.3 Å². The molecule has 11 heteroatoms. The summed E-state index contributed by atoms with van der Waals surface area (Å²) in [7, 11) is 1.76. The molecule has 158 valence electrons. The van der Waals surface area contributed by atoms with Crippen LogP contribution in [0.25, 0.3) is 0 Å². The zero-order valence-corrected chi connectivity index (χ0v) is 19.3. The van der Waals surface area contributed by atoms with Gasteiger partial charge in [0.2, 0.25) is 11.8 Å². The van der Waals surface area contributed by atoms with Crippen molar-refractivity contribution in [3.63, 3.8) is 0 Å². The third-order valence-electron chi connectivity index (χ3n) is 4.30. The van der Waals surface area contributed by atoms with Gasteiger partial charge < -0.3 is 15.2 Å². The molecule has 2 N–H and O–H groups in total. The van der Waals surface area contributed by atoms with Crippen LogP contribution in [-0.4, -0.2) is 36.8 Å². The molecule has 1 atom stereocenters. The number of halogens is 1. The van der Waals surface area contributed by atoms with E-state index >= 15 is 0 Å². The van der Waals surface area contributed by atoms with Crippen LogP contribution in [0.5, 0.6) is 0 Å². The summed E-state index contributed by atoms with van der Waals surface area (Å²) in [5.41, 5.74) is 1.45. The van der Waals surface area contributed by atoms with Crippen molar-refractivity contribution < 1.29 is 9.59 Å². The molecule has 2 amide bonds. The average molecular weight is 465 g/mol. The maximum Gasteiger partial charge on any atom is 0.239 e. The molecular formula is C19H21ClN6O2S2. The highest BCUT2D eigenvalue weighted by molar-refractivity contribution is 8.00. The fourth-order valence-electron chi connectivity index (χ4n) is 2.45. The number of carbonyl (C=O) groups excluding carboxylic acids is 2. The van der Waals surface area contributed by atoms with E-state index in [9.17, 15) is 9.59 Å². The van der Waals surface area contributed by atoms with E-state index in [1.807, 2.05) is 13.8 Å². The molecular weight excluding hydrogens is 444 g/mol. The molecule has 3 rings (SSSR count). The average Bonchev–Trinajstić information content (AvgIpc) is 3.19. The first-order valence-electron chi connectivity index (χ1n) is 9.08. The third-order valence-corrected chi connectivity index (χ3v) is 6.75. The van der Waals surface area contributed by atoms with E-state index in [4.69, 9.17) is 11.6 Å². The second-order valence-corrected chi connectivity index (χ2v) is 9.49. The highest BCUT2D eigenvalue weighted by atomic mass is 35.5.